The van der Waals surface area contributed by atoms with Crippen LogP contribution in [0.5, 0.6) is 5.75 Å². The Morgan fingerprint density at radius 2 is 1.82 bits per heavy atom. The summed E-state index contributed by atoms with van der Waals surface area (Å²) in [5, 5.41) is 9.12. The van der Waals surface area contributed by atoms with E-state index in [4.69, 9.17) is 9.84 Å². The Balaban J connectivity index is 2.23. The lowest BCUT2D eigenvalue weighted by molar-refractivity contribution is -0.145. The van der Waals surface area contributed by atoms with Crippen molar-refractivity contribution in [1.29, 1.82) is 0 Å². The lowest BCUT2D eigenvalue weighted by Gasteiger charge is -2.14. The first kappa shape index (κ1) is 11.1. The van der Waals surface area contributed by atoms with Crippen molar-refractivity contribution in [3.63, 3.8) is 0 Å². The molecule has 1 aromatic carbocycles. The Bertz CT molecular complexity index is 485. The summed E-state index contributed by atoms with van der Waals surface area (Å²) in [5.74, 6) is -0.557. The number of para-hydroxylation sites is 1. The van der Waals surface area contributed by atoms with Crippen molar-refractivity contribution in [2.45, 2.75) is 6.10 Å². The number of pyridine rings is 1. The Labute approximate surface area is 98.5 Å². The molecule has 0 aliphatic rings. The molecule has 1 atom stereocenters. The number of nitrogens with zero attached hydrogens (tertiary/aromatic N) is 1. The molecule has 0 saturated heterocycles. The largest absolute Gasteiger partial charge is 0.478 e. The van der Waals surface area contributed by atoms with Gasteiger partial charge in [-0.05, 0) is 24.3 Å². The highest BCUT2D eigenvalue weighted by molar-refractivity contribution is 5.74. The fraction of sp³-hybridized carbons (Fsp3) is 0.0769. The first-order valence-electron chi connectivity index (χ1n) is 5.13. The molecule has 1 aromatic heterocycles. The maximum Gasteiger partial charge on any atom is 0.351 e. The molecule has 0 fully saturated rings. The van der Waals surface area contributed by atoms with Crippen LogP contribution >= 0.6 is 0 Å². The van der Waals surface area contributed by atoms with Gasteiger partial charge >= 0.3 is 5.97 Å². The van der Waals surface area contributed by atoms with Crippen molar-refractivity contribution in [2.75, 3.05) is 0 Å². The van der Waals surface area contributed by atoms with Gasteiger partial charge in [0.15, 0.2) is 0 Å². The van der Waals surface area contributed by atoms with Crippen molar-refractivity contribution in [1.82, 2.24) is 4.98 Å². The number of carboxylic acids is 1. The molecule has 0 amide bonds. The topological polar surface area (TPSA) is 59.4 Å². The van der Waals surface area contributed by atoms with Gasteiger partial charge in [-0.3, -0.25) is 4.98 Å². The molecular formula is C13H11NO3. The zero-order chi connectivity index (χ0) is 12.1. The number of rotatable bonds is 4. The van der Waals surface area contributed by atoms with Gasteiger partial charge in [0.25, 0.3) is 0 Å². The van der Waals surface area contributed by atoms with E-state index in [9.17, 15) is 4.79 Å². The Morgan fingerprint density at radius 3 is 2.41 bits per heavy atom. The number of benzene rings is 1. The second kappa shape index (κ2) is 5.12. The van der Waals surface area contributed by atoms with Crippen molar-refractivity contribution >= 4 is 5.97 Å². The van der Waals surface area contributed by atoms with Crippen LogP contribution in [0.3, 0.4) is 0 Å². The summed E-state index contributed by atoms with van der Waals surface area (Å²) >= 11 is 0. The number of aromatic nitrogens is 1. The van der Waals surface area contributed by atoms with E-state index < -0.39 is 12.1 Å². The van der Waals surface area contributed by atoms with E-state index in [1.54, 1.807) is 48.7 Å². The van der Waals surface area contributed by atoms with Crippen molar-refractivity contribution in [3.8, 4) is 5.75 Å². The zero-order valence-electron chi connectivity index (χ0n) is 8.98. The van der Waals surface area contributed by atoms with Gasteiger partial charge in [0, 0.05) is 6.20 Å². The Kier molecular flexibility index (Phi) is 3.35. The Morgan fingerprint density at radius 1 is 1.12 bits per heavy atom. The molecule has 1 heterocycles. The van der Waals surface area contributed by atoms with Crippen LogP contribution in [0.15, 0.2) is 54.7 Å². The Hall–Kier alpha value is -2.36. The first-order valence-corrected chi connectivity index (χ1v) is 5.13. The molecule has 0 bridgehead atoms. The second-order valence-corrected chi connectivity index (χ2v) is 3.40. The van der Waals surface area contributed by atoms with Crippen molar-refractivity contribution in [2.24, 2.45) is 0 Å². The van der Waals surface area contributed by atoms with Crippen LogP contribution in [0.4, 0.5) is 0 Å². The molecule has 1 unspecified atom stereocenters. The minimum atomic E-state index is -1.08. The quantitative estimate of drug-likeness (QED) is 0.873. The van der Waals surface area contributed by atoms with Crippen LogP contribution in [-0.4, -0.2) is 16.1 Å². The fourth-order valence-electron chi connectivity index (χ4n) is 1.40. The number of carboxylic acid groups (broad SMARTS) is 1. The standard InChI is InChI=1S/C13H11NO3/c15-13(16)12(11-8-4-5-9-14-11)17-10-6-2-1-3-7-10/h1-9,12H,(H,15,16). The number of aliphatic carboxylic acids is 1. The molecule has 2 aromatic rings. The van der Waals surface area contributed by atoms with Gasteiger partial charge in [0.05, 0.1) is 5.69 Å². The molecule has 2 rings (SSSR count). The van der Waals surface area contributed by atoms with E-state index in [1.807, 2.05) is 6.07 Å². The summed E-state index contributed by atoms with van der Waals surface area (Å²) in [6, 6.07) is 13.9. The van der Waals surface area contributed by atoms with E-state index in [0.717, 1.165) is 0 Å². The van der Waals surface area contributed by atoms with Crippen molar-refractivity contribution < 1.29 is 14.6 Å². The summed E-state index contributed by atoms with van der Waals surface area (Å²) in [6.45, 7) is 0. The van der Waals surface area contributed by atoms with E-state index in [1.165, 1.54) is 0 Å². The highest BCUT2D eigenvalue weighted by Gasteiger charge is 2.22. The zero-order valence-corrected chi connectivity index (χ0v) is 8.98. The van der Waals surface area contributed by atoms with Gasteiger partial charge < -0.3 is 9.84 Å². The van der Waals surface area contributed by atoms with Crippen molar-refractivity contribution in [3.05, 3.63) is 60.4 Å². The highest BCUT2D eigenvalue weighted by Crippen LogP contribution is 2.20. The van der Waals surface area contributed by atoms with Crippen LogP contribution < -0.4 is 4.74 Å². The van der Waals surface area contributed by atoms with Gasteiger partial charge in [-0.15, -0.1) is 0 Å². The highest BCUT2D eigenvalue weighted by atomic mass is 16.5. The van der Waals surface area contributed by atoms with E-state index in [0.29, 0.717) is 11.4 Å². The number of carbonyl (C=O) groups is 1. The third kappa shape index (κ3) is 2.81. The molecular weight excluding hydrogens is 218 g/mol. The average Bonchev–Trinajstić information content (AvgIpc) is 2.38. The molecule has 4 heteroatoms. The first-order chi connectivity index (χ1) is 8.27. The van der Waals surface area contributed by atoms with Gasteiger partial charge in [-0.25, -0.2) is 4.79 Å². The van der Waals surface area contributed by atoms with Crippen LogP contribution in [0.2, 0.25) is 0 Å². The molecule has 1 N–H and O–H groups in total. The summed E-state index contributed by atoms with van der Waals surface area (Å²) in [7, 11) is 0. The molecule has 17 heavy (non-hydrogen) atoms. The number of hydrogen-bond acceptors (Lipinski definition) is 3. The molecule has 0 radical (unpaired) electrons. The van der Waals surface area contributed by atoms with Crippen LogP contribution in [0, 0.1) is 0 Å². The predicted octanol–water partition coefficient (Wildman–Crippen LogP) is 2.29. The van der Waals surface area contributed by atoms with E-state index in [2.05, 4.69) is 4.98 Å². The third-order valence-corrected chi connectivity index (χ3v) is 2.18. The normalized spacial score (nSPS) is 11.8. The molecule has 0 saturated carbocycles. The molecule has 4 nitrogen and oxygen atoms in total. The summed E-state index contributed by atoms with van der Waals surface area (Å²) in [5.41, 5.74) is 0.379. The van der Waals surface area contributed by atoms with Gasteiger partial charge in [-0.1, -0.05) is 24.3 Å². The predicted molar refractivity (Wildman–Crippen MR) is 61.7 cm³/mol. The van der Waals surface area contributed by atoms with Gasteiger partial charge in [0.1, 0.15) is 5.75 Å². The molecule has 86 valence electrons. The van der Waals surface area contributed by atoms with Crippen LogP contribution in [0.1, 0.15) is 11.8 Å². The lowest BCUT2D eigenvalue weighted by atomic mass is 10.2. The SMILES string of the molecule is O=C(O)C(Oc1ccccc1)c1ccccn1. The summed E-state index contributed by atoms with van der Waals surface area (Å²) in [4.78, 5) is 15.1. The van der Waals surface area contributed by atoms with E-state index >= 15 is 0 Å². The maximum absolute atomic E-state index is 11.1. The third-order valence-electron chi connectivity index (χ3n) is 2.18. The smallest absolute Gasteiger partial charge is 0.351 e. The van der Waals surface area contributed by atoms with E-state index in [-0.39, 0.29) is 0 Å². The maximum atomic E-state index is 11.1. The number of ether oxygens (including phenoxy) is 1. The molecule has 0 spiro atoms. The number of hydrogen-bond donors (Lipinski definition) is 1. The monoisotopic (exact) mass is 229 g/mol. The average molecular weight is 229 g/mol. The minimum absolute atomic E-state index is 0.379. The van der Waals surface area contributed by atoms with Gasteiger partial charge in [-0.2, -0.15) is 0 Å². The summed E-state index contributed by atoms with van der Waals surface area (Å²) < 4.78 is 5.40. The minimum Gasteiger partial charge on any atom is -0.478 e. The second-order valence-electron chi connectivity index (χ2n) is 3.40. The molecule has 0 aliphatic carbocycles. The van der Waals surface area contributed by atoms with Gasteiger partial charge in [0.2, 0.25) is 6.10 Å². The summed E-state index contributed by atoms with van der Waals surface area (Å²) in [6.07, 6.45) is 0.457. The fourth-order valence-corrected chi connectivity index (χ4v) is 1.40. The van der Waals surface area contributed by atoms with Crippen LogP contribution in [0.25, 0.3) is 0 Å². The lowest BCUT2D eigenvalue weighted by Crippen LogP contribution is -2.19. The molecule has 0 aliphatic heterocycles. The van der Waals surface area contributed by atoms with Crippen LogP contribution in [-0.2, 0) is 4.79 Å².